The first-order valence-corrected chi connectivity index (χ1v) is 8.53. The summed E-state index contributed by atoms with van der Waals surface area (Å²) in [5.74, 6) is -0.715. The number of benzene rings is 1. The fraction of sp³-hybridized carbons (Fsp3) is 0.294. The molecular formula is C17H18N4O3S. The molecule has 2 aromatic heterocycles. The van der Waals surface area contributed by atoms with E-state index in [9.17, 15) is 9.59 Å². The molecule has 0 atom stereocenters. The first-order chi connectivity index (χ1) is 12.0. The van der Waals surface area contributed by atoms with Gasteiger partial charge >= 0.3 is 5.97 Å². The van der Waals surface area contributed by atoms with Crippen LogP contribution in [0.4, 0.5) is 0 Å². The summed E-state index contributed by atoms with van der Waals surface area (Å²) in [5, 5.41) is 4.28. The Morgan fingerprint density at radius 3 is 2.68 bits per heavy atom. The second kappa shape index (κ2) is 7.02. The zero-order valence-corrected chi connectivity index (χ0v) is 15.0. The number of rotatable bonds is 4. The largest absolute Gasteiger partial charge is 0.468 e. The Morgan fingerprint density at radius 1 is 1.24 bits per heavy atom. The molecule has 0 aliphatic carbocycles. The number of aromatic nitrogens is 3. The van der Waals surface area contributed by atoms with E-state index in [1.807, 2.05) is 44.2 Å². The van der Waals surface area contributed by atoms with Crippen molar-refractivity contribution < 1.29 is 14.3 Å². The number of ether oxygens (including phenoxy) is 1. The van der Waals surface area contributed by atoms with Crippen LogP contribution in [0.5, 0.6) is 0 Å². The molecule has 0 bridgehead atoms. The molecule has 0 spiro atoms. The molecule has 130 valence electrons. The zero-order chi connectivity index (χ0) is 18.0. The van der Waals surface area contributed by atoms with Gasteiger partial charge in [-0.3, -0.25) is 14.3 Å². The van der Waals surface area contributed by atoms with E-state index >= 15 is 0 Å². The molecule has 3 rings (SSSR count). The van der Waals surface area contributed by atoms with Crippen LogP contribution in [0.2, 0.25) is 0 Å². The highest BCUT2D eigenvalue weighted by Gasteiger charge is 2.12. The summed E-state index contributed by atoms with van der Waals surface area (Å²) in [6.07, 6.45) is 0. The van der Waals surface area contributed by atoms with Crippen LogP contribution in [0.15, 0.2) is 35.3 Å². The quantitative estimate of drug-likeness (QED) is 0.667. The van der Waals surface area contributed by atoms with Crippen molar-refractivity contribution in [3.05, 3.63) is 46.5 Å². The van der Waals surface area contributed by atoms with E-state index in [-0.39, 0.29) is 19.0 Å². The van der Waals surface area contributed by atoms with E-state index < -0.39 is 5.97 Å². The Balaban J connectivity index is 1.99. The lowest BCUT2D eigenvalue weighted by atomic mass is 10.3. The van der Waals surface area contributed by atoms with Crippen molar-refractivity contribution in [1.29, 1.82) is 0 Å². The molecule has 25 heavy (non-hydrogen) atoms. The van der Waals surface area contributed by atoms with Crippen LogP contribution in [-0.2, 0) is 27.4 Å². The van der Waals surface area contributed by atoms with Crippen molar-refractivity contribution in [2.24, 2.45) is 4.99 Å². The SMILES string of the molecule is COC(=O)Cn1c(=NC(=O)Cn2nc(C)cc2C)sc2ccccc21. The van der Waals surface area contributed by atoms with E-state index in [4.69, 9.17) is 4.74 Å². The number of para-hydroxylation sites is 1. The average Bonchev–Trinajstić information content (AvgIpc) is 3.07. The number of nitrogens with zero attached hydrogens (tertiary/aromatic N) is 4. The summed E-state index contributed by atoms with van der Waals surface area (Å²) in [7, 11) is 1.34. The first-order valence-electron chi connectivity index (χ1n) is 7.71. The molecule has 7 nitrogen and oxygen atoms in total. The molecule has 3 aromatic rings. The topological polar surface area (TPSA) is 78.5 Å². The minimum Gasteiger partial charge on any atom is -0.468 e. The van der Waals surface area contributed by atoms with Crippen molar-refractivity contribution in [2.75, 3.05) is 7.11 Å². The molecule has 0 aliphatic heterocycles. The lowest BCUT2D eigenvalue weighted by molar-refractivity contribution is -0.141. The smallest absolute Gasteiger partial charge is 0.325 e. The maximum Gasteiger partial charge on any atom is 0.325 e. The van der Waals surface area contributed by atoms with Gasteiger partial charge in [-0.05, 0) is 32.0 Å². The van der Waals surface area contributed by atoms with Crippen LogP contribution in [0, 0.1) is 13.8 Å². The van der Waals surface area contributed by atoms with Crippen LogP contribution >= 0.6 is 11.3 Å². The van der Waals surface area contributed by atoms with Crippen LogP contribution < -0.4 is 4.80 Å². The third kappa shape index (κ3) is 3.69. The predicted molar refractivity (Wildman–Crippen MR) is 94.1 cm³/mol. The highest BCUT2D eigenvalue weighted by atomic mass is 32.1. The minimum atomic E-state index is -0.393. The second-order valence-corrected chi connectivity index (χ2v) is 6.61. The van der Waals surface area contributed by atoms with Gasteiger partial charge in [-0.15, -0.1) is 0 Å². The monoisotopic (exact) mass is 358 g/mol. The number of methoxy groups -OCH3 is 1. The Labute approximate surface area is 148 Å². The maximum atomic E-state index is 12.4. The van der Waals surface area contributed by atoms with Gasteiger partial charge in [0.2, 0.25) is 0 Å². The summed E-state index contributed by atoms with van der Waals surface area (Å²) >= 11 is 1.36. The summed E-state index contributed by atoms with van der Waals surface area (Å²) in [5.41, 5.74) is 2.60. The molecular weight excluding hydrogens is 340 g/mol. The number of hydrogen-bond donors (Lipinski definition) is 0. The highest BCUT2D eigenvalue weighted by Crippen LogP contribution is 2.16. The average molecular weight is 358 g/mol. The number of thiazole rings is 1. The molecule has 0 fully saturated rings. The summed E-state index contributed by atoms with van der Waals surface area (Å²) in [6.45, 7) is 3.84. The maximum absolute atomic E-state index is 12.4. The van der Waals surface area contributed by atoms with Gasteiger partial charge in [0.05, 0.1) is 23.0 Å². The van der Waals surface area contributed by atoms with Crippen LogP contribution in [0.25, 0.3) is 10.2 Å². The Kier molecular flexibility index (Phi) is 4.80. The Morgan fingerprint density at radius 2 is 2.00 bits per heavy atom. The molecule has 0 saturated carbocycles. The van der Waals surface area contributed by atoms with Gasteiger partial charge < -0.3 is 9.30 Å². The van der Waals surface area contributed by atoms with Crippen molar-refractivity contribution in [3.63, 3.8) is 0 Å². The minimum absolute atomic E-state index is 0.00648. The van der Waals surface area contributed by atoms with E-state index in [0.29, 0.717) is 4.80 Å². The van der Waals surface area contributed by atoms with Gasteiger partial charge in [-0.2, -0.15) is 10.1 Å². The molecule has 0 saturated heterocycles. The standard InChI is InChI=1S/C17H18N4O3S/c1-11-8-12(2)21(19-11)9-15(22)18-17-20(10-16(23)24-3)13-6-4-5-7-14(13)25-17/h4-8H,9-10H2,1-3H3. The number of fused-ring (bicyclic) bond motifs is 1. The van der Waals surface area contributed by atoms with Gasteiger partial charge in [0.25, 0.3) is 5.91 Å². The predicted octanol–water partition coefficient (Wildman–Crippen LogP) is 1.82. The zero-order valence-electron chi connectivity index (χ0n) is 14.2. The molecule has 0 radical (unpaired) electrons. The van der Waals surface area contributed by atoms with Crippen molar-refractivity contribution in [3.8, 4) is 0 Å². The lowest BCUT2D eigenvalue weighted by Gasteiger charge is -2.03. The number of carbonyl (C=O) groups is 2. The van der Waals surface area contributed by atoms with Gasteiger partial charge in [0.1, 0.15) is 13.1 Å². The molecule has 0 aliphatic rings. The molecule has 2 heterocycles. The summed E-state index contributed by atoms with van der Waals surface area (Å²) in [6, 6.07) is 9.51. The number of esters is 1. The van der Waals surface area contributed by atoms with Crippen molar-refractivity contribution in [1.82, 2.24) is 14.3 Å². The Bertz CT molecular complexity index is 1010. The van der Waals surface area contributed by atoms with E-state index in [2.05, 4.69) is 10.1 Å². The molecule has 0 N–H and O–H groups in total. The van der Waals surface area contributed by atoms with E-state index in [1.165, 1.54) is 18.4 Å². The summed E-state index contributed by atoms with van der Waals surface area (Å²) in [4.78, 5) is 28.8. The first kappa shape index (κ1) is 17.1. The number of amides is 1. The van der Waals surface area contributed by atoms with Gasteiger partial charge in [0, 0.05) is 5.69 Å². The third-order valence-corrected chi connectivity index (χ3v) is 4.77. The fourth-order valence-electron chi connectivity index (χ4n) is 2.56. The summed E-state index contributed by atoms with van der Waals surface area (Å²) < 4.78 is 9.02. The number of aryl methyl sites for hydroxylation is 2. The molecule has 8 heteroatoms. The van der Waals surface area contributed by atoms with Gasteiger partial charge in [0.15, 0.2) is 4.80 Å². The van der Waals surface area contributed by atoms with E-state index in [0.717, 1.165) is 21.6 Å². The Hall–Kier alpha value is -2.74. The molecule has 1 aromatic carbocycles. The second-order valence-electron chi connectivity index (χ2n) is 5.60. The van der Waals surface area contributed by atoms with Crippen LogP contribution in [0.3, 0.4) is 0 Å². The van der Waals surface area contributed by atoms with E-state index in [1.54, 1.807) is 9.25 Å². The van der Waals surface area contributed by atoms with Gasteiger partial charge in [-0.1, -0.05) is 23.5 Å². The van der Waals surface area contributed by atoms with Gasteiger partial charge in [-0.25, -0.2) is 0 Å². The van der Waals surface area contributed by atoms with Crippen molar-refractivity contribution >= 4 is 33.4 Å². The lowest BCUT2D eigenvalue weighted by Crippen LogP contribution is -2.23. The van der Waals surface area contributed by atoms with Crippen molar-refractivity contribution in [2.45, 2.75) is 26.9 Å². The van der Waals surface area contributed by atoms with Crippen LogP contribution in [0.1, 0.15) is 11.4 Å². The van der Waals surface area contributed by atoms with Crippen LogP contribution in [-0.4, -0.2) is 33.3 Å². The third-order valence-electron chi connectivity index (χ3n) is 3.71. The normalized spacial score (nSPS) is 11.9. The number of carbonyl (C=O) groups excluding carboxylic acids is 2. The molecule has 0 unspecified atom stereocenters. The highest BCUT2D eigenvalue weighted by molar-refractivity contribution is 7.16. The fourth-order valence-corrected chi connectivity index (χ4v) is 3.60. The number of hydrogen-bond acceptors (Lipinski definition) is 5. The molecule has 1 amide bonds.